The fraction of sp³-hybridized carbons (Fsp3) is 0.250. The van der Waals surface area contributed by atoms with Crippen LogP contribution < -0.4 is 15.4 Å². The summed E-state index contributed by atoms with van der Waals surface area (Å²) in [5.41, 5.74) is 1.26. The van der Waals surface area contributed by atoms with Crippen LogP contribution >= 0.6 is 22.6 Å². The van der Waals surface area contributed by atoms with Gasteiger partial charge in [-0.05, 0) is 64.0 Å². The van der Waals surface area contributed by atoms with Gasteiger partial charge in [0.1, 0.15) is 30.3 Å². The Morgan fingerprint density at radius 3 is 2.45 bits per heavy atom. The lowest BCUT2D eigenvalue weighted by Crippen LogP contribution is -2.50. The number of methoxy groups -OCH3 is 1. The molecule has 1 heterocycles. The zero-order chi connectivity index (χ0) is 27.2. The smallest absolute Gasteiger partial charge is 0.325 e. The number of anilines is 1. The average Bonchev–Trinajstić information content (AvgIpc) is 3.20. The Bertz CT molecular complexity index is 1310. The highest BCUT2D eigenvalue weighted by Crippen LogP contribution is 2.32. The highest BCUT2D eigenvalue weighted by molar-refractivity contribution is 14.1. The van der Waals surface area contributed by atoms with E-state index >= 15 is 0 Å². The van der Waals surface area contributed by atoms with Crippen LogP contribution in [-0.4, -0.2) is 49.1 Å². The third kappa shape index (κ3) is 6.13. The molecule has 1 fully saturated rings. The molecule has 38 heavy (non-hydrogen) atoms. The molecule has 1 aliphatic rings. The number of imide groups is 1. The molecule has 3 aromatic carbocycles. The van der Waals surface area contributed by atoms with E-state index in [0.717, 1.165) is 10.5 Å². The quantitative estimate of drug-likeness (QED) is 0.189. The fourth-order valence-corrected chi connectivity index (χ4v) is 4.74. The molecule has 0 bridgehead atoms. The Morgan fingerprint density at radius 2 is 1.79 bits per heavy atom. The van der Waals surface area contributed by atoms with E-state index in [1.807, 2.05) is 52.9 Å². The lowest BCUT2D eigenvalue weighted by atomic mass is 9.91. The van der Waals surface area contributed by atoms with Crippen molar-refractivity contribution in [3.05, 3.63) is 93.3 Å². The zero-order valence-electron chi connectivity index (χ0n) is 20.8. The standard InChI is InChI=1S/C28H27FIN3O5/c1-17(18-6-4-3-5-7-18)25(26(34)31-23-13-10-20(30)16-22(23)29)33-27(35)24(32-28(33)36)19-8-11-21(12-9-19)38-15-14-37-2/h3-13,16-17,24-25H,14-15H2,1-2H3,(H,31,34)(H,32,36)/t17-,24+,25-/m0/s1. The number of nitrogens with zero attached hydrogens (tertiary/aromatic N) is 1. The van der Waals surface area contributed by atoms with Crippen molar-refractivity contribution in [2.24, 2.45) is 0 Å². The average molecular weight is 631 g/mol. The van der Waals surface area contributed by atoms with Crippen molar-refractivity contribution < 1.29 is 28.2 Å². The SMILES string of the molecule is COCCOc1ccc([C@H]2NC(=O)N([C@H](C(=O)Nc3ccc(I)cc3F)[C@@H](C)c3ccccc3)C2=O)cc1. The van der Waals surface area contributed by atoms with Gasteiger partial charge in [-0.3, -0.25) is 9.59 Å². The van der Waals surface area contributed by atoms with Gasteiger partial charge in [0.2, 0.25) is 5.91 Å². The van der Waals surface area contributed by atoms with Gasteiger partial charge < -0.3 is 20.1 Å². The molecule has 1 aliphatic heterocycles. The minimum absolute atomic E-state index is 0.0339. The molecule has 3 aromatic rings. The third-order valence-corrected chi connectivity index (χ3v) is 6.95. The number of halogens is 2. The van der Waals surface area contributed by atoms with Crippen LogP contribution in [0.2, 0.25) is 0 Å². The van der Waals surface area contributed by atoms with Crippen LogP contribution in [0, 0.1) is 9.39 Å². The Morgan fingerprint density at radius 1 is 1.08 bits per heavy atom. The van der Waals surface area contributed by atoms with Gasteiger partial charge in [0.15, 0.2) is 0 Å². The van der Waals surface area contributed by atoms with Crippen LogP contribution in [0.15, 0.2) is 72.8 Å². The normalized spacial score (nSPS) is 16.6. The maximum atomic E-state index is 14.5. The van der Waals surface area contributed by atoms with E-state index in [4.69, 9.17) is 9.47 Å². The molecular weight excluding hydrogens is 604 g/mol. The minimum Gasteiger partial charge on any atom is -0.491 e. The first-order chi connectivity index (χ1) is 18.3. The van der Waals surface area contributed by atoms with Crippen LogP contribution in [0.5, 0.6) is 5.75 Å². The van der Waals surface area contributed by atoms with Crippen molar-refractivity contribution in [1.29, 1.82) is 0 Å². The Balaban J connectivity index is 1.62. The minimum atomic E-state index is -1.23. The molecule has 0 spiro atoms. The van der Waals surface area contributed by atoms with E-state index < -0.39 is 41.7 Å². The van der Waals surface area contributed by atoms with Crippen molar-refractivity contribution in [1.82, 2.24) is 10.2 Å². The van der Waals surface area contributed by atoms with Gasteiger partial charge in [-0.2, -0.15) is 0 Å². The van der Waals surface area contributed by atoms with Gasteiger partial charge in [-0.15, -0.1) is 0 Å². The summed E-state index contributed by atoms with van der Waals surface area (Å²) >= 11 is 1.97. The molecule has 198 valence electrons. The topological polar surface area (TPSA) is 97.0 Å². The molecule has 0 unspecified atom stereocenters. The number of amides is 4. The number of carbonyl (C=O) groups is 3. The molecule has 3 atom stereocenters. The summed E-state index contributed by atoms with van der Waals surface area (Å²) in [6, 6.07) is 17.3. The number of urea groups is 1. The molecule has 4 amide bonds. The van der Waals surface area contributed by atoms with Crippen LogP contribution in [0.3, 0.4) is 0 Å². The number of rotatable bonds is 10. The lowest BCUT2D eigenvalue weighted by Gasteiger charge is -2.30. The number of ether oxygens (including phenoxy) is 2. The predicted molar refractivity (Wildman–Crippen MR) is 148 cm³/mol. The largest absolute Gasteiger partial charge is 0.491 e. The first-order valence-corrected chi connectivity index (χ1v) is 13.0. The lowest BCUT2D eigenvalue weighted by molar-refractivity contribution is -0.134. The maximum Gasteiger partial charge on any atom is 0.325 e. The number of carbonyl (C=O) groups excluding carboxylic acids is 3. The van der Waals surface area contributed by atoms with Gasteiger partial charge in [0, 0.05) is 16.6 Å². The molecule has 8 nitrogen and oxygen atoms in total. The van der Waals surface area contributed by atoms with Crippen LogP contribution in [0.25, 0.3) is 0 Å². The molecule has 4 rings (SSSR count). The fourth-order valence-electron chi connectivity index (χ4n) is 4.29. The molecule has 0 radical (unpaired) electrons. The Hall–Kier alpha value is -3.51. The van der Waals surface area contributed by atoms with E-state index in [0.29, 0.717) is 28.1 Å². The third-order valence-electron chi connectivity index (χ3n) is 6.28. The summed E-state index contributed by atoms with van der Waals surface area (Å²) in [5, 5.41) is 5.26. The number of hydrogen-bond donors (Lipinski definition) is 2. The summed E-state index contributed by atoms with van der Waals surface area (Å²) in [5.74, 6) is -1.84. The summed E-state index contributed by atoms with van der Waals surface area (Å²) < 4.78 is 25.7. The van der Waals surface area contributed by atoms with E-state index in [1.54, 1.807) is 44.4 Å². The van der Waals surface area contributed by atoms with Crippen molar-refractivity contribution in [3.63, 3.8) is 0 Å². The van der Waals surface area contributed by atoms with Crippen molar-refractivity contribution in [2.45, 2.75) is 24.9 Å². The van der Waals surface area contributed by atoms with Gasteiger partial charge in [-0.1, -0.05) is 49.4 Å². The second-order valence-electron chi connectivity index (χ2n) is 8.76. The maximum absolute atomic E-state index is 14.5. The number of nitrogens with one attached hydrogen (secondary N) is 2. The van der Waals surface area contributed by atoms with Crippen molar-refractivity contribution >= 4 is 46.1 Å². The van der Waals surface area contributed by atoms with Crippen molar-refractivity contribution in [2.75, 3.05) is 25.6 Å². The van der Waals surface area contributed by atoms with E-state index in [2.05, 4.69) is 10.6 Å². The Kier molecular flexibility index (Phi) is 8.95. The highest BCUT2D eigenvalue weighted by atomic mass is 127. The molecule has 2 N–H and O–H groups in total. The molecule has 1 saturated heterocycles. The van der Waals surface area contributed by atoms with E-state index in [1.165, 1.54) is 12.1 Å². The number of benzene rings is 3. The summed E-state index contributed by atoms with van der Waals surface area (Å²) in [6.07, 6.45) is 0. The Labute approximate surface area is 233 Å². The summed E-state index contributed by atoms with van der Waals surface area (Å²) in [6.45, 7) is 2.56. The van der Waals surface area contributed by atoms with Gasteiger partial charge in [0.05, 0.1) is 12.3 Å². The summed E-state index contributed by atoms with van der Waals surface area (Å²) in [4.78, 5) is 41.3. The van der Waals surface area contributed by atoms with Crippen LogP contribution in [0.4, 0.5) is 14.9 Å². The molecular formula is C28H27FIN3O5. The highest BCUT2D eigenvalue weighted by Gasteiger charge is 2.47. The monoisotopic (exact) mass is 631 g/mol. The van der Waals surface area contributed by atoms with E-state index in [9.17, 15) is 18.8 Å². The summed E-state index contributed by atoms with van der Waals surface area (Å²) in [7, 11) is 1.58. The molecule has 10 heteroatoms. The van der Waals surface area contributed by atoms with Crippen LogP contribution in [0.1, 0.15) is 30.0 Å². The van der Waals surface area contributed by atoms with Gasteiger partial charge in [-0.25, -0.2) is 14.1 Å². The second-order valence-corrected chi connectivity index (χ2v) is 10.0. The predicted octanol–water partition coefficient (Wildman–Crippen LogP) is 4.86. The van der Waals surface area contributed by atoms with E-state index in [-0.39, 0.29) is 5.69 Å². The zero-order valence-corrected chi connectivity index (χ0v) is 23.0. The first kappa shape index (κ1) is 27.5. The van der Waals surface area contributed by atoms with Crippen LogP contribution in [-0.2, 0) is 14.3 Å². The van der Waals surface area contributed by atoms with Gasteiger partial charge >= 0.3 is 6.03 Å². The molecule has 0 aliphatic carbocycles. The van der Waals surface area contributed by atoms with Crippen molar-refractivity contribution in [3.8, 4) is 5.75 Å². The first-order valence-electron chi connectivity index (χ1n) is 12.0. The molecule has 0 aromatic heterocycles. The van der Waals surface area contributed by atoms with Gasteiger partial charge in [0.25, 0.3) is 5.91 Å². The second kappa shape index (κ2) is 12.4. The number of hydrogen-bond acceptors (Lipinski definition) is 5. The molecule has 0 saturated carbocycles.